The van der Waals surface area contributed by atoms with Crippen LogP contribution in [0.2, 0.25) is 0 Å². The fourth-order valence-corrected chi connectivity index (χ4v) is 2.33. The second-order valence-electron chi connectivity index (χ2n) is 4.93. The van der Waals surface area contributed by atoms with Gasteiger partial charge < -0.3 is 14.5 Å². The van der Waals surface area contributed by atoms with Crippen LogP contribution in [0.3, 0.4) is 0 Å². The average molecular weight is 307 g/mol. The van der Waals surface area contributed by atoms with Gasteiger partial charge in [0, 0.05) is 11.3 Å². The Morgan fingerprint density at radius 1 is 1.04 bits per heavy atom. The second kappa shape index (κ2) is 6.83. The quantitative estimate of drug-likeness (QED) is 0.749. The smallest absolute Gasteiger partial charge is 0.256 e. The van der Waals surface area contributed by atoms with E-state index in [1.165, 1.54) is 0 Å². The molecule has 0 spiro atoms. The third-order valence-electron chi connectivity index (χ3n) is 3.38. The van der Waals surface area contributed by atoms with Gasteiger partial charge in [0.25, 0.3) is 5.91 Å². The van der Waals surface area contributed by atoms with E-state index >= 15 is 0 Å². The van der Waals surface area contributed by atoms with Crippen molar-refractivity contribution in [2.24, 2.45) is 0 Å². The summed E-state index contributed by atoms with van der Waals surface area (Å²) in [7, 11) is 0. The van der Waals surface area contributed by atoms with E-state index in [1.807, 2.05) is 55.5 Å². The summed E-state index contributed by atoms with van der Waals surface area (Å²) >= 11 is 0. The number of hydrogen-bond acceptors (Lipinski definition) is 3. The monoisotopic (exact) mass is 307 g/mol. The van der Waals surface area contributed by atoms with Gasteiger partial charge in [0.2, 0.25) is 0 Å². The van der Waals surface area contributed by atoms with Crippen LogP contribution in [0.25, 0.3) is 11.3 Å². The summed E-state index contributed by atoms with van der Waals surface area (Å²) in [6, 6.07) is 18.3. The number of rotatable bonds is 5. The lowest BCUT2D eigenvalue weighted by molar-refractivity contribution is 0.102. The molecule has 0 aliphatic heterocycles. The van der Waals surface area contributed by atoms with Gasteiger partial charge in [-0.05, 0) is 49.4 Å². The van der Waals surface area contributed by atoms with Crippen molar-refractivity contribution in [2.45, 2.75) is 6.92 Å². The Bertz CT molecular complexity index is 777. The van der Waals surface area contributed by atoms with E-state index in [0.717, 1.165) is 11.3 Å². The number of carbonyl (C=O) groups excluding carboxylic acids is 1. The normalized spacial score (nSPS) is 10.3. The first-order valence-electron chi connectivity index (χ1n) is 7.45. The zero-order valence-corrected chi connectivity index (χ0v) is 12.8. The summed E-state index contributed by atoms with van der Waals surface area (Å²) in [5.74, 6) is 1.27. The number of nitrogens with one attached hydrogen (secondary N) is 1. The largest absolute Gasteiger partial charge is 0.494 e. The van der Waals surface area contributed by atoms with E-state index in [9.17, 15) is 4.79 Å². The Morgan fingerprint density at radius 3 is 2.52 bits per heavy atom. The molecule has 0 atom stereocenters. The average Bonchev–Trinajstić information content (AvgIpc) is 3.11. The summed E-state index contributed by atoms with van der Waals surface area (Å²) in [5, 5.41) is 2.89. The Kier molecular flexibility index (Phi) is 4.43. The highest BCUT2D eigenvalue weighted by molar-refractivity contribution is 6.08. The molecular weight excluding hydrogens is 290 g/mol. The highest BCUT2D eigenvalue weighted by Gasteiger charge is 2.14. The van der Waals surface area contributed by atoms with Gasteiger partial charge in [-0.2, -0.15) is 0 Å². The van der Waals surface area contributed by atoms with Crippen LogP contribution in [0.5, 0.6) is 5.75 Å². The topological polar surface area (TPSA) is 51.5 Å². The highest BCUT2D eigenvalue weighted by Crippen LogP contribution is 2.25. The number of benzene rings is 2. The number of anilines is 1. The Morgan fingerprint density at radius 2 is 1.83 bits per heavy atom. The van der Waals surface area contributed by atoms with Crippen LogP contribution in [0, 0.1) is 0 Å². The molecule has 23 heavy (non-hydrogen) atoms. The van der Waals surface area contributed by atoms with Crippen LogP contribution in [0.4, 0.5) is 5.69 Å². The van der Waals surface area contributed by atoms with E-state index < -0.39 is 0 Å². The Labute approximate surface area is 134 Å². The molecule has 0 unspecified atom stereocenters. The first kappa shape index (κ1) is 14.9. The molecule has 1 N–H and O–H groups in total. The lowest BCUT2D eigenvalue weighted by Crippen LogP contribution is -2.13. The lowest BCUT2D eigenvalue weighted by Gasteiger charge is -2.09. The third kappa shape index (κ3) is 3.43. The summed E-state index contributed by atoms with van der Waals surface area (Å²) in [4.78, 5) is 12.6. The van der Waals surface area contributed by atoms with E-state index in [-0.39, 0.29) is 5.91 Å². The van der Waals surface area contributed by atoms with Gasteiger partial charge in [-0.3, -0.25) is 4.79 Å². The standard InChI is InChI=1S/C19H17NO3/c1-2-22-15-11-9-14(10-12-15)20-19(21)17-7-4-3-6-16(17)18-8-5-13-23-18/h3-13H,2H2,1H3,(H,20,21). The number of furan rings is 1. The molecule has 3 aromatic rings. The van der Waals surface area contributed by atoms with Gasteiger partial charge in [-0.15, -0.1) is 0 Å². The van der Waals surface area contributed by atoms with Crippen molar-refractivity contribution in [3.05, 3.63) is 72.5 Å². The van der Waals surface area contributed by atoms with Crippen LogP contribution in [-0.4, -0.2) is 12.5 Å². The van der Waals surface area contributed by atoms with Crippen molar-refractivity contribution in [1.82, 2.24) is 0 Å². The van der Waals surface area contributed by atoms with Crippen molar-refractivity contribution < 1.29 is 13.9 Å². The molecule has 116 valence electrons. The number of amides is 1. The zero-order chi connectivity index (χ0) is 16.1. The molecule has 0 saturated carbocycles. The molecule has 4 heteroatoms. The first-order valence-corrected chi connectivity index (χ1v) is 7.45. The van der Waals surface area contributed by atoms with E-state index in [1.54, 1.807) is 18.4 Å². The van der Waals surface area contributed by atoms with Gasteiger partial charge in [0.05, 0.1) is 18.4 Å². The molecule has 0 aliphatic rings. The predicted molar refractivity (Wildman–Crippen MR) is 89.7 cm³/mol. The Hall–Kier alpha value is -3.01. The van der Waals surface area contributed by atoms with Crippen LogP contribution >= 0.6 is 0 Å². The SMILES string of the molecule is CCOc1ccc(NC(=O)c2ccccc2-c2ccco2)cc1. The van der Waals surface area contributed by atoms with E-state index in [2.05, 4.69) is 5.32 Å². The van der Waals surface area contributed by atoms with Crippen LogP contribution in [0.1, 0.15) is 17.3 Å². The van der Waals surface area contributed by atoms with Crippen LogP contribution in [0.15, 0.2) is 71.3 Å². The Balaban J connectivity index is 1.81. The lowest BCUT2D eigenvalue weighted by atomic mass is 10.0. The number of carbonyl (C=O) groups is 1. The number of ether oxygens (including phenoxy) is 1. The van der Waals surface area contributed by atoms with Crippen LogP contribution < -0.4 is 10.1 Å². The van der Waals surface area contributed by atoms with Gasteiger partial charge in [0.1, 0.15) is 11.5 Å². The molecule has 0 aliphatic carbocycles. The van der Waals surface area contributed by atoms with E-state index in [0.29, 0.717) is 23.6 Å². The molecule has 1 heterocycles. The minimum absolute atomic E-state index is 0.179. The minimum Gasteiger partial charge on any atom is -0.494 e. The molecule has 0 fully saturated rings. The van der Waals surface area contributed by atoms with Crippen LogP contribution in [-0.2, 0) is 0 Å². The molecule has 0 bridgehead atoms. The molecule has 3 rings (SSSR count). The van der Waals surface area contributed by atoms with Gasteiger partial charge in [-0.25, -0.2) is 0 Å². The molecule has 2 aromatic carbocycles. The maximum absolute atomic E-state index is 12.6. The maximum atomic E-state index is 12.6. The second-order valence-corrected chi connectivity index (χ2v) is 4.93. The summed E-state index contributed by atoms with van der Waals surface area (Å²) in [5.41, 5.74) is 2.05. The maximum Gasteiger partial charge on any atom is 0.256 e. The minimum atomic E-state index is -0.179. The van der Waals surface area contributed by atoms with Crippen molar-refractivity contribution >= 4 is 11.6 Å². The fourth-order valence-electron chi connectivity index (χ4n) is 2.33. The summed E-state index contributed by atoms with van der Waals surface area (Å²) < 4.78 is 10.8. The van der Waals surface area contributed by atoms with Crippen molar-refractivity contribution in [3.8, 4) is 17.1 Å². The van der Waals surface area contributed by atoms with E-state index in [4.69, 9.17) is 9.15 Å². The molecule has 0 radical (unpaired) electrons. The third-order valence-corrected chi connectivity index (χ3v) is 3.38. The molecular formula is C19H17NO3. The molecule has 0 saturated heterocycles. The molecule has 1 amide bonds. The van der Waals surface area contributed by atoms with Crippen molar-refractivity contribution in [1.29, 1.82) is 0 Å². The molecule has 4 nitrogen and oxygen atoms in total. The van der Waals surface area contributed by atoms with Gasteiger partial charge in [-0.1, -0.05) is 18.2 Å². The first-order chi connectivity index (χ1) is 11.3. The molecule has 1 aromatic heterocycles. The summed E-state index contributed by atoms with van der Waals surface area (Å²) in [6.07, 6.45) is 1.59. The van der Waals surface area contributed by atoms with Crippen molar-refractivity contribution in [3.63, 3.8) is 0 Å². The fraction of sp³-hybridized carbons (Fsp3) is 0.105. The zero-order valence-electron chi connectivity index (χ0n) is 12.8. The van der Waals surface area contributed by atoms with Gasteiger partial charge >= 0.3 is 0 Å². The predicted octanol–water partition coefficient (Wildman–Crippen LogP) is 4.60. The highest BCUT2D eigenvalue weighted by atomic mass is 16.5. The summed E-state index contributed by atoms with van der Waals surface area (Å²) in [6.45, 7) is 2.55. The van der Waals surface area contributed by atoms with Crippen molar-refractivity contribution in [2.75, 3.05) is 11.9 Å². The number of hydrogen-bond donors (Lipinski definition) is 1. The van der Waals surface area contributed by atoms with Gasteiger partial charge in [0.15, 0.2) is 0 Å².